The predicted molar refractivity (Wildman–Crippen MR) is 104 cm³/mol. The largest absolute Gasteiger partial charge is 0.484 e. The van der Waals surface area contributed by atoms with Crippen LogP contribution in [-0.2, 0) is 14.3 Å². The Kier molecular flexibility index (Phi) is 7.86. The standard InChI is InChI=1S/C22H27NO4/c1-4-26-22(25)14-15-23(18(3)19-8-6-5-7-9-19)21(24)16-27-20-12-10-17(2)11-13-20/h5-13,18H,4,14-16H2,1-3H3. The van der Waals surface area contributed by atoms with Crippen LogP contribution >= 0.6 is 0 Å². The van der Waals surface area contributed by atoms with E-state index in [0.29, 0.717) is 12.4 Å². The van der Waals surface area contributed by atoms with E-state index in [1.165, 1.54) is 0 Å². The Morgan fingerprint density at radius 2 is 1.70 bits per heavy atom. The van der Waals surface area contributed by atoms with Crippen LogP contribution in [0.2, 0.25) is 0 Å². The van der Waals surface area contributed by atoms with E-state index >= 15 is 0 Å². The number of rotatable bonds is 9. The Hall–Kier alpha value is -2.82. The number of hydrogen-bond donors (Lipinski definition) is 0. The molecule has 0 fully saturated rings. The molecule has 0 aliphatic rings. The zero-order valence-electron chi connectivity index (χ0n) is 16.2. The van der Waals surface area contributed by atoms with Gasteiger partial charge in [-0.15, -0.1) is 0 Å². The molecule has 5 nitrogen and oxygen atoms in total. The number of ether oxygens (including phenoxy) is 2. The van der Waals surface area contributed by atoms with Crippen molar-refractivity contribution in [2.45, 2.75) is 33.2 Å². The molecule has 0 heterocycles. The van der Waals surface area contributed by atoms with E-state index in [2.05, 4.69) is 0 Å². The number of carbonyl (C=O) groups excluding carboxylic acids is 2. The highest BCUT2D eigenvalue weighted by Gasteiger charge is 2.23. The lowest BCUT2D eigenvalue weighted by molar-refractivity contribution is -0.144. The van der Waals surface area contributed by atoms with Gasteiger partial charge in [0.2, 0.25) is 0 Å². The van der Waals surface area contributed by atoms with Gasteiger partial charge in [0.25, 0.3) is 5.91 Å². The van der Waals surface area contributed by atoms with Crippen molar-refractivity contribution in [1.29, 1.82) is 0 Å². The number of carbonyl (C=O) groups is 2. The molecule has 0 bridgehead atoms. The van der Waals surface area contributed by atoms with Crippen molar-refractivity contribution in [3.8, 4) is 5.75 Å². The van der Waals surface area contributed by atoms with Crippen molar-refractivity contribution < 1.29 is 19.1 Å². The van der Waals surface area contributed by atoms with E-state index in [-0.39, 0.29) is 37.5 Å². The second-order valence-electron chi connectivity index (χ2n) is 6.33. The molecule has 0 aromatic heterocycles. The van der Waals surface area contributed by atoms with E-state index in [4.69, 9.17) is 9.47 Å². The maximum atomic E-state index is 12.8. The predicted octanol–water partition coefficient (Wildman–Crippen LogP) is 3.92. The highest BCUT2D eigenvalue weighted by molar-refractivity contribution is 5.79. The highest BCUT2D eigenvalue weighted by Crippen LogP contribution is 2.21. The minimum Gasteiger partial charge on any atom is -0.484 e. The zero-order chi connectivity index (χ0) is 19.6. The van der Waals surface area contributed by atoms with Crippen LogP contribution in [0.4, 0.5) is 0 Å². The fraction of sp³-hybridized carbons (Fsp3) is 0.364. The van der Waals surface area contributed by atoms with Crippen molar-refractivity contribution in [2.24, 2.45) is 0 Å². The van der Waals surface area contributed by atoms with Crippen molar-refractivity contribution in [3.63, 3.8) is 0 Å². The van der Waals surface area contributed by atoms with Gasteiger partial charge in [0.05, 0.1) is 19.1 Å². The summed E-state index contributed by atoms with van der Waals surface area (Å²) < 4.78 is 10.6. The third kappa shape index (κ3) is 6.44. The van der Waals surface area contributed by atoms with Gasteiger partial charge in [-0.1, -0.05) is 48.0 Å². The summed E-state index contributed by atoms with van der Waals surface area (Å²) >= 11 is 0. The quantitative estimate of drug-likeness (QED) is 0.629. The Balaban J connectivity index is 2.05. The first-order valence-electron chi connectivity index (χ1n) is 9.20. The maximum Gasteiger partial charge on any atom is 0.307 e. The van der Waals surface area contributed by atoms with Crippen molar-refractivity contribution in [1.82, 2.24) is 4.90 Å². The molecule has 2 rings (SSSR count). The normalized spacial score (nSPS) is 11.5. The number of nitrogens with zero attached hydrogens (tertiary/aromatic N) is 1. The summed E-state index contributed by atoms with van der Waals surface area (Å²) in [6, 6.07) is 17.1. The summed E-state index contributed by atoms with van der Waals surface area (Å²) in [4.78, 5) is 26.2. The van der Waals surface area contributed by atoms with Gasteiger partial charge in [0.1, 0.15) is 5.75 Å². The first-order valence-corrected chi connectivity index (χ1v) is 9.20. The van der Waals surface area contributed by atoms with Crippen molar-refractivity contribution >= 4 is 11.9 Å². The SMILES string of the molecule is CCOC(=O)CCN(C(=O)COc1ccc(C)cc1)C(C)c1ccccc1. The smallest absolute Gasteiger partial charge is 0.307 e. The van der Waals surface area contributed by atoms with Crippen LogP contribution in [0.3, 0.4) is 0 Å². The average Bonchev–Trinajstić information content (AvgIpc) is 2.68. The average molecular weight is 369 g/mol. The minimum absolute atomic E-state index is 0.0803. The zero-order valence-corrected chi connectivity index (χ0v) is 16.2. The Bertz CT molecular complexity index is 728. The van der Waals surface area contributed by atoms with Gasteiger partial charge < -0.3 is 14.4 Å². The fourth-order valence-electron chi connectivity index (χ4n) is 2.75. The van der Waals surface area contributed by atoms with Gasteiger partial charge >= 0.3 is 5.97 Å². The van der Waals surface area contributed by atoms with Gasteiger partial charge in [0.15, 0.2) is 6.61 Å². The van der Waals surface area contributed by atoms with Crippen LogP contribution < -0.4 is 4.74 Å². The second kappa shape index (κ2) is 10.4. The molecule has 0 aliphatic heterocycles. The molecule has 0 spiro atoms. The molecule has 0 aliphatic carbocycles. The Morgan fingerprint density at radius 1 is 1.04 bits per heavy atom. The molecular weight excluding hydrogens is 342 g/mol. The molecule has 2 aromatic carbocycles. The van der Waals surface area contributed by atoms with E-state index in [1.807, 2.05) is 68.4 Å². The van der Waals surface area contributed by atoms with Gasteiger partial charge in [-0.2, -0.15) is 0 Å². The fourth-order valence-corrected chi connectivity index (χ4v) is 2.75. The van der Waals surface area contributed by atoms with Crippen LogP contribution in [0.15, 0.2) is 54.6 Å². The topological polar surface area (TPSA) is 55.8 Å². The van der Waals surface area contributed by atoms with E-state index in [1.54, 1.807) is 11.8 Å². The van der Waals surface area contributed by atoms with Gasteiger partial charge in [-0.25, -0.2) is 0 Å². The van der Waals surface area contributed by atoms with E-state index in [0.717, 1.165) is 11.1 Å². The maximum absolute atomic E-state index is 12.8. The minimum atomic E-state index is -0.310. The molecule has 1 atom stereocenters. The first-order chi connectivity index (χ1) is 13.0. The number of benzene rings is 2. The van der Waals surface area contributed by atoms with E-state index < -0.39 is 0 Å². The summed E-state index contributed by atoms with van der Waals surface area (Å²) in [7, 11) is 0. The van der Waals surface area contributed by atoms with Gasteiger partial charge in [-0.05, 0) is 38.5 Å². The number of hydrogen-bond acceptors (Lipinski definition) is 4. The molecule has 0 radical (unpaired) electrons. The molecule has 144 valence electrons. The second-order valence-corrected chi connectivity index (χ2v) is 6.33. The lowest BCUT2D eigenvalue weighted by Gasteiger charge is -2.29. The van der Waals surface area contributed by atoms with Gasteiger partial charge in [-0.3, -0.25) is 9.59 Å². The molecule has 0 saturated carbocycles. The van der Waals surface area contributed by atoms with Crippen molar-refractivity contribution in [3.05, 3.63) is 65.7 Å². The van der Waals surface area contributed by atoms with Crippen LogP contribution in [0, 0.1) is 6.92 Å². The Morgan fingerprint density at radius 3 is 2.33 bits per heavy atom. The molecule has 5 heteroatoms. The lowest BCUT2D eigenvalue weighted by Crippen LogP contribution is -2.38. The molecular formula is C22H27NO4. The van der Waals surface area contributed by atoms with E-state index in [9.17, 15) is 9.59 Å². The lowest BCUT2D eigenvalue weighted by atomic mass is 10.1. The molecule has 0 saturated heterocycles. The summed E-state index contributed by atoms with van der Waals surface area (Å²) in [6.07, 6.45) is 0.154. The number of esters is 1. The highest BCUT2D eigenvalue weighted by atomic mass is 16.5. The molecule has 1 amide bonds. The van der Waals surface area contributed by atoms with Gasteiger partial charge in [0, 0.05) is 6.54 Å². The molecule has 1 unspecified atom stereocenters. The summed E-state index contributed by atoms with van der Waals surface area (Å²) in [5.74, 6) is 0.165. The number of amides is 1. The van der Waals surface area contributed by atoms with Crippen LogP contribution in [-0.4, -0.2) is 36.5 Å². The van der Waals surface area contributed by atoms with Crippen LogP contribution in [0.25, 0.3) is 0 Å². The summed E-state index contributed by atoms with van der Waals surface area (Å²) in [5.41, 5.74) is 2.13. The first kappa shape index (κ1) is 20.5. The number of aryl methyl sites for hydroxylation is 1. The van der Waals surface area contributed by atoms with Crippen LogP contribution in [0.5, 0.6) is 5.75 Å². The third-order valence-corrected chi connectivity index (χ3v) is 4.32. The molecule has 2 aromatic rings. The van der Waals surface area contributed by atoms with Crippen molar-refractivity contribution in [2.75, 3.05) is 19.8 Å². The summed E-state index contributed by atoms with van der Waals surface area (Å²) in [6.45, 7) is 6.24. The third-order valence-electron chi connectivity index (χ3n) is 4.32. The Labute approximate surface area is 160 Å². The monoisotopic (exact) mass is 369 g/mol. The van der Waals surface area contributed by atoms with Crippen LogP contribution in [0.1, 0.15) is 37.4 Å². The molecule has 27 heavy (non-hydrogen) atoms. The summed E-state index contributed by atoms with van der Waals surface area (Å²) in [5, 5.41) is 0. The molecule has 0 N–H and O–H groups in total.